The Kier molecular flexibility index (Phi) is 2.18. The fraction of sp³-hybridized carbons (Fsp3) is 1.00. The normalized spacial score (nSPS) is 40.2. The maximum atomic E-state index is 10.7. The smallest absolute Gasteiger partial charge is 0.234 e. The molecule has 2 saturated heterocycles. The highest BCUT2D eigenvalue weighted by atomic mass is 32.2. The summed E-state index contributed by atoms with van der Waals surface area (Å²) in [6.07, 6.45) is 0. The van der Waals surface area contributed by atoms with Crippen LogP contribution in [0.1, 0.15) is 0 Å². The summed E-state index contributed by atoms with van der Waals surface area (Å²) in [7, 11) is 0. The van der Waals surface area contributed by atoms with Crippen LogP contribution in [0.5, 0.6) is 0 Å². The Balaban J connectivity index is 1.98. The van der Waals surface area contributed by atoms with Crippen molar-refractivity contribution >= 4 is 11.3 Å². The summed E-state index contributed by atoms with van der Waals surface area (Å²) in [5.74, 6) is 6.61. The standard InChI is InChI=1S/C6H13N3O2S/c7-8-1-5-3-9(12(10)11)4-6(5)2-8/h5-6H,1-4,7H2,(H,10,11). The second-order valence-corrected chi connectivity index (χ2v) is 4.53. The zero-order valence-corrected chi connectivity index (χ0v) is 7.54. The summed E-state index contributed by atoms with van der Waals surface area (Å²) in [5.41, 5.74) is 0. The van der Waals surface area contributed by atoms with Crippen LogP contribution in [0, 0.1) is 11.8 Å². The van der Waals surface area contributed by atoms with Gasteiger partial charge < -0.3 is 0 Å². The molecule has 2 fully saturated rings. The first kappa shape index (κ1) is 8.58. The van der Waals surface area contributed by atoms with Gasteiger partial charge in [-0.15, -0.1) is 0 Å². The Bertz CT molecular complexity index is 199. The number of hydrogen-bond donors (Lipinski definition) is 2. The Hall–Kier alpha value is -0.0100. The maximum Gasteiger partial charge on any atom is 0.234 e. The van der Waals surface area contributed by atoms with Crippen LogP contribution in [0.25, 0.3) is 0 Å². The Morgan fingerprint density at radius 1 is 1.25 bits per heavy atom. The third kappa shape index (κ3) is 1.40. The van der Waals surface area contributed by atoms with E-state index in [4.69, 9.17) is 10.4 Å². The first-order valence-corrected chi connectivity index (χ1v) is 5.08. The second kappa shape index (κ2) is 3.04. The molecule has 2 rings (SSSR count). The Morgan fingerprint density at radius 2 is 1.75 bits per heavy atom. The molecule has 2 aliphatic heterocycles. The minimum atomic E-state index is -1.79. The van der Waals surface area contributed by atoms with Crippen LogP contribution in [0.4, 0.5) is 0 Å². The summed E-state index contributed by atoms with van der Waals surface area (Å²) in [6.45, 7) is 3.14. The van der Waals surface area contributed by atoms with Crippen LogP contribution in [-0.2, 0) is 11.3 Å². The average Bonchev–Trinajstić information content (AvgIpc) is 2.42. The number of nitrogens with two attached hydrogens (primary N) is 1. The van der Waals surface area contributed by atoms with E-state index in [2.05, 4.69) is 0 Å². The van der Waals surface area contributed by atoms with Crippen LogP contribution in [0.15, 0.2) is 0 Å². The van der Waals surface area contributed by atoms with Crippen LogP contribution < -0.4 is 5.84 Å². The highest BCUT2D eigenvalue weighted by molar-refractivity contribution is 7.76. The lowest BCUT2D eigenvalue weighted by molar-refractivity contribution is 0.305. The Morgan fingerprint density at radius 3 is 2.17 bits per heavy atom. The molecule has 0 aliphatic carbocycles. The monoisotopic (exact) mass is 191 g/mol. The molecule has 12 heavy (non-hydrogen) atoms. The van der Waals surface area contributed by atoms with Crippen LogP contribution in [0.2, 0.25) is 0 Å². The molecule has 0 aromatic rings. The molecule has 2 aliphatic rings. The largest absolute Gasteiger partial charge is 0.294 e. The quantitative estimate of drug-likeness (QED) is 0.406. The van der Waals surface area contributed by atoms with Gasteiger partial charge in [0, 0.05) is 26.2 Å². The van der Waals surface area contributed by atoms with Crippen molar-refractivity contribution in [2.45, 2.75) is 0 Å². The summed E-state index contributed by atoms with van der Waals surface area (Å²) < 4.78 is 21.1. The molecule has 0 spiro atoms. The van der Waals surface area contributed by atoms with Gasteiger partial charge in [0.25, 0.3) is 0 Å². The zero-order valence-electron chi connectivity index (χ0n) is 6.72. The van der Waals surface area contributed by atoms with Crippen molar-refractivity contribution in [3.8, 4) is 0 Å². The molecule has 0 aromatic heterocycles. The van der Waals surface area contributed by atoms with Crippen molar-refractivity contribution < 1.29 is 8.76 Å². The minimum absolute atomic E-state index is 0.492. The van der Waals surface area contributed by atoms with E-state index in [9.17, 15) is 4.21 Å². The summed E-state index contributed by atoms with van der Waals surface area (Å²) in [4.78, 5) is 0. The van der Waals surface area contributed by atoms with Crippen molar-refractivity contribution in [1.82, 2.24) is 9.31 Å². The van der Waals surface area contributed by atoms with Gasteiger partial charge in [0.05, 0.1) is 0 Å². The first-order valence-electron chi connectivity index (χ1n) is 4.02. The van der Waals surface area contributed by atoms with E-state index in [0.29, 0.717) is 24.9 Å². The van der Waals surface area contributed by atoms with Gasteiger partial charge in [0.15, 0.2) is 0 Å². The molecule has 0 saturated carbocycles. The van der Waals surface area contributed by atoms with Gasteiger partial charge in [-0.1, -0.05) is 0 Å². The van der Waals surface area contributed by atoms with Gasteiger partial charge in [-0.25, -0.2) is 13.5 Å². The van der Waals surface area contributed by atoms with Gasteiger partial charge in [0.1, 0.15) is 0 Å². The number of rotatable bonds is 1. The molecule has 2 heterocycles. The molecular formula is C6H13N3O2S. The maximum absolute atomic E-state index is 10.7. The molecule has 0 radical (unpaired) electrons. The van der Waals surface area contributed by atoms with Crippen LogP contribution in [0.3, 0.4) is 0 Å². The number of hydrogen-bond acceptors (Lipinski definition) is 3. The lowest BCUT2D eigenvalue weighted by atomic mass is 10.0. The summed E-state index contributed by atoms with van der Waals surface area (Å²) in [5, 5.41) is 1.80. The van der Waals surface area contributed by atoms with Gasteiger partial charge in [-0.3, -0.25) is 10.4 Å². The van der Waals surface area contributed by atoms with Crippen molar-refractivity contribution in [3.05, 3.63) is 0 Å². The van der Waals surface area contributed by atoms with E-state index in [1.54, 1.807) is 9.31 Å². The second-order valence-electron chi connectivity index (χ2n) is 3.55. The molecule has 5 nitrogen and oxygen atoms in total. The fourth-order valence-corrected chi connectivity index (χ4v) is 2.75. The SMILES string of the molecule is NN1CC2CN(S(=O)O)CC2C1. The molecule has 70 valence electrons. The molecular weight excluding hydrogens is 178 g/mol. The van der Waals surface area contributed by atoms with E-state index in [1.165, 1.54) is 0 Å². The number of fused-ring (bicyclic) bond motifs is 1. The van der Waals surface area contributed by atoms with Gasteiger partial charge in [0.2, 0.25) is 11.3 Å². The lowest BCUT2D eigenvalue weighted by Crippen LogP contribution is -2.33. The molecule has 0 aromatic carbocycles. The Labute approximate surface area is 73.9 Å². The van der Waals surface area contributed by atoms with Crippen molar-refractivity contribution in [1.29, 1.82) is 0 Å². The molecule has 3 N–H and O–H groups in total. The van der Waals surface area contributed by atoms with Gasteiger partial charge in [-0.2, -0.15) is 0 Å². The van der Waals surface area contributed by atoms with E-state index in [1.807, 2.05) is 0 Å². The summed E-state index contributed by atoms with van der Waals surface area (Å²) >= 11 is -1.79. The predicted octanol–water partition coefficient (Wildman–Crippen LogP) is -1.14. The number of hydrazine groups is 1. The summed E-state index contributed by atoms with van der Waals surface area (Å²) in [6, 6.07) is 0. The lowest BCUT2D eigenvalue weighted by Gasteiger charge is -2.13. The third-order valence-corrected chi connectivity index (χ3v) is 3.44. The van der Waals surface area contributed by atoms with E-state index in [-0.39, 0.29) is 0 Å². The topological polar surface area (TPSA) is 69.8 Å². The van der Waals surface area contributed by atoms with Crippen LogP contribution in [-0.4, -0.2) is 44.3 Å². The van der Waals surface area contributed by atoms with E-state index in [0.717, 1.165) is 13.1 Å². The predicted molar refractivity (Wildman–Crippen MR) is 45.1 cm³/mol. The average molecular weight is 191 g/mol. The van der Waals surface area contributed by atoms with Gasteiger partial charge >= 0.3 is 0 Å². The minimum Gasteiger partial charge on any atom is -0.294 e. The van der Waals surface area contributed by atoms with Gasteiger partial charge in [-0.05, 0) is 11.8 Å². The molecule has 3 unspecified atom stereocenters. The van der Waals surface area contributed by atoms with Crippen LogP contribution >= 0.6 is 0 Å². The zero-order chi connectivity index (χ0) is 8.72. The van der Waals surface area contributed by atoms with E-state index >= 15 is 0 Å². The molecule has 0 bridgehead atoms. The van der Waals surface area contributed by atoms with E-state index < -0.39 is 11.3 Å². The number of nitrogens with zero attached hydrogens (tertiary/aromatic N) is 2. The molecule has 6 heteroatoms. The van der Waals surface area contributed by atoms with Crippen molar-refractivity contribution in [2.24, 2.45) is 17.7 Å². The molecule has 3 atom stereocenters. The van der Waals surface area contributed by atoms with Crippen molar-refractivity contribution in [2.75, 3.05) is 26.2 Å². The first-order chi connectivity index (χ1) is 5.66. The fourth-order valence-electron chi connectivity index (χ4n) is 2.11. The third-order valence-electron chi connectivity index (χ3n) is 2.70. The highest BCUT2D eigenvalue weighted by Crippen LogP contribution is 2.29. The molecule has 0 amide bonds. The van der Waals surface area contributed by atoms with Crippen molar-refractivity contribution in [3.63, 3.8) is 0 Å². The highest BCUT2D eigenvalue weighted by Gasteiger charge is 2.40.